The Hall–Kier alpha value is -3.00. The second-order valence-corrected chi connectivity index (χ2v) is 5.71. The lowest BCUT2D eigenvalue weighted by Crippen LogP contribution is -2.41. The van der Waals surface area contributed by atoms with Crippen molar-refractivity contribution in [3.63, 3.8) is 0 Å². The van der Waals surface area contributed by atoms with Gasteiger partial charge in [0.25, 0.3) is 11.8 Å². The van der Waals surface area contributed by atoms with Gasteiger partial charge in [-0.1, -0.05) is 11.6 Å². The summed E-state index contributed by atoms with van der Waals surface area (Å²) in [5, 5.41) is 0.0348. The molecule has 1 aromatic heterocycles. The molecule has 0 saturated heterocycles. The molecule has 0 unspecified atom stereocenters. The van der Waals surface area contributed by atoms with Crippen molar-refractivity contribution in [1.82, 2.24) is 15.8 Å². The molecule has 0 radical (unpaired) electrons. The van der Waals surface area contributed by atoms with Crippen LogP contribution in [0.25, 0.3) is 0 Å². The number of aromatic nitrogens is 1. The number of ether oxygens (including phenoxy) is 3. The summed E-state index contributed by atoms with van der Waals surface area (Å²) in [6.45, 7) is 6.65. The van der Waals surface area contributed by atoms with Gasteiger partial charge in [-0.2, -0.15) is 0 Å². The molecule has 2 rings (SSSR count). The first-order valence-corrected chi connectivity index (χ1v) is 9.17. The van der Waals surface area contributed by atoms with E-state index in [2.05, 4.69) is 15.8 Å². The molecule has 0 fully saturated rings. The van der Waals surface area contributed by atoms with Gasteiger partial charge in [-0.25, -0.2) is 4.98 Å². The number of benzene rings is 1. The molecule has 0 aliphatic carbocycles. The molecule has 0 atom stereocenters. The number of nitrogens with one attached hydrogen (secondary N) is 2. The maximum Gasteiger partial charge on any atom is 0.272 e. The second kappa shape index (κ2) is 10.4. The Morgan fingerprint density at radius 1 is 0.964 bits per heavy atom. The molecule has 9 heteroatoms. The van der Waals surface area contributed by atoms with Crippen molar-refractivity contribution in [3.05, 3.63) is 46.7 Å². The van der Waals surface area contributed by atoms with E-state index >= 15 is 0 Å². The lowest BCUT2D eigenvalue weighted by molar-refractivity contribution is 0.0846. The van der Waals surface area contributed by atoms with Gasteiger partial charge in [0.15, 0.2) is 11.5 Å². The number of hydrazine groups is 1. The topological polar surface area (TPSA) is 98.8 Å². The van der Waals surface area contributed by atoms with Gasteiger partial charge in [-0.05, 0) is 45.0 Å². The SMILES string of the molecule is CCOc1cc(C(=O)NNC(=O)c2cccnc2Cl)cc(OCC)c1OCC. The number of nitrogens with zero attached hydrogens (tertiary/aromatic N) is 1. The Bertz CT molecular complexity index is 817. The van der Waals surface area contributed by atoms with E-state index in [-0.39, 0.29) is 16.3 Å². The van der Waals surface area contributed by atoms with Crippen LogP contribution in [0.2, 0.25) is 5.15 Å². The zero-order chi connectivity index (χ0) is 20.5. The molecule has 1 heterocycles. The van der Waals surface area contributed by atoms with E-state index in [9.17, 15) is 9.59 Å². The smallest absolute Gasteiger partial charge is 0.272 e. The molecule has 2 aromatic rings. The van der Waals surface area contributed by atoms with Crippen molar-refractivity contribution in [2.24, 2.45) is 0 Å². The average Bonchev–Trinajstić information content (AvgIpc) is 2.68. The predicted molar refractivity (Wildman–Crippen MR) is 104 cm³/mol. The molecule has 0 aliphatic heterocycles. The lowest BCUT2D eigenvalue weighted by Gasteiger charge is -2.17. The van der Waals surface area contributed by atoms with Crippen molar-refractivity contribution in [1.29, 1.82) is 0 Å². The van der Waals surface area contributed by atoms with Gasteiger partial charge < -0.3 is 14.2 Å². The molecular formula is C19H22ClN3O5. The van der Waals surface area contributed by atoms with Crippen molar-refractivity contribution < 1.29 is 23.8 Å². The fourth-order valence-electron chi connectivity index (χ4n) is 2.33. The number of carbonyl (C=O) groups excluding carboxylic acids is 2. The summed E-state index contributed by atoms with van der Waals surface area (Å²) in [5.41, 5.74) is 5.01. The van der Waals surface area contributed by atoms with E-state index in [0.29, 0.717) is 37.1 Å². The highest BCUT2D eigenvalue weighted by atomic mass is 35.5. The monoisotopic (exact) mass is 407 g/mol. The van der Waals surface area contributed by atoms with Gasteiger partial charge in [-0.3, -0.25) is 20.4 Å². The van der Waals surface area contributed by atoms with Crippen molar-refractivity contribution >= 4 is 23.4 Å². The summed E-state index contributed by atoms with van der Waals surface area (Å²) in [7, 11) is 0. The summed E-state index contributed by atoms with van der Waals surface area (Å²) in [6.07, 6.45) is 1.46. The minimum absolute atomic E-state index is 0.0348. The van der Waals surface area contributed by atoms with Crippen molar-refractivity contribution in [3.8, 4) is 17.2 Å². The van der Waals surface area contributed by atoms with Crippen LogP contribution in [0.4, 0.5) is 0 Å². The molecule has 150 valence electrons. The highest BCUT2D eigenvalue weighted by Crippen LogP contribution is 2.39. The maximum atomic E-state index is 12.5. The van der Waals surface area contributed by atoms with Gasteiger partial charge in [0.05, 0.1) is 25.4 Å². The quantitative estimate of drug-likeness (QED) is 0.515. The molecule has 0 bridgehead atoms. The molecule has 28 heavy (non-hydrogen) atoms. The van der Waals surface area contributed by atoms with E-state index in [4.69, 9.17) is 25.8 Å². The summed E-state index contributed by atoms with van der Waals surface area (Å²) in [5.74, 6) is 0.0313. The number of hydrogen-bond acceptors (Lipinski definition) is 6. The summed E-state index contributed by atoms with van der Waals surface area (Å²) >= 11 is 5.88. The van der Waals surface area contributed by atoms with Crippen molar-refractivity contribution in [2.75, 3.05) is 19.8 Å². The van der Waals surface area contributed by atoms with E-state index in [1.807, 2.05) is 20.8 Å². The lowest BCUT2D eigenvalue weighted by atomic mass is 10.1. The Balaban J connectivity index is 2.21. The Kier molecular flexibility index (Phi) is 7.88. The van der Waals surface area contributed by atoms with Crippen LogP contribution in [0, 0.1) is 0 Å². The first kappa shape index (κ1) is 21.3. The molecule has 0 saturated carbocycles. The van der Waals surface area contributed by atoms with E-state index in [0.717, 1.165) is 0 Å². The Labute approximate surface area is 168 Å². The third kappa shape index (κ3) is 5.26. The van der Waals surface area contributed by atoms with Crippen LogP contribution in [-0.4, -0.2) is 36.6 Å². The number of carbonyl (C=O) groups is 2. The first-order chi connectivity index (χ1) is 13.5. The summed E-state index contributed by atoms with van der Waals surface area (Å²) in [6, 6.07) is 6.11. The number of rotatable bonds is 8. The molecule has 0 spiro atoms. The number of pyridine rings is 1. The fraction of sp³-hybridized carbons (Fsp3) is 0.316. The molecular weight excluding hydrogens is 386 g/mol. The van der Waals surface area contributed by atoms with Crippen LogP contribution in [0.3, 0.4) is 0 Å². The Morgan fingerprint density at radius 2 is 1.54 bits per heavy atom. The van der Waals surface area contributed by atoms with E-state index in [1.165, 1.54) is 24.4 Å². The van der Waals surface area contributed by atoms with Crippen LogP contribution in [-0.2, 0) is 0 Å². The standard InChI is InChI=1S/C19H22ClN3O5/c1-4-26-14-10-12(11-15(27-5-2)16(14)28-6-3)18(24)22-23-19(25)13-8-7-9-21-17(13)20/h7-11H,4-6H2,1-3H3,(H,22,24)(H,23,25). The largest absolute Gasteiger partial charge is 0.490 e. The predicted octanol–water partition coefficient (Wildman–Crippen LogP) is 3.01. The van der Waals surface area contributed by atoms with Gasteiger partial charge in [0, 0.05) is 11.8 Å². The number of amides is 2. The number of halogens is 1. The molecule has 1 aromatic carbocycles. The highest BCUT2D eigenvalue weighted by Gasteiger charge is 2.19. The molecule has 2 N–H and O–H groups in total. The van der Waals surface area contributed by atoms with Gasteiger partial charge in [0.2, 0.25) is 5.75 Å². The van der Waals surface area contributed by atoms with Crippen LogP contribution >= 0.6 is 11.6 Å². The maximum absolute atomic E-state index is 12.5. The van der Waals surface area contributed by atoms with Gasteiger partial charge in [0.1, 0.15) is 5.15 Å². The van der Waals surface area contributed by atoms with Crippen molar-refractivity contribution in [2.45, 2.75) is 20.8 Å². The Morgan fingerprint density at radius 3 is 2.07 bits per heavy atom. The van der Waals surface area contributed by atoms with Crippen LogP contribution in [0.1, 0.15) is 41.5 Å². The second-order valence-electron chi connectivity index (χ2n) is 5.35. The van der Waals surface area contributed by atoms with E-state index in [1.54, 1.807) is 6.07 Å². The van der Waals surface area contributed by atoms with Crippen LogP contribution in [0.5, 0.6) is 17.2 Å². The molecule has 8 nitrogen and oxygen atoms in total. The minimum atomic E-state index is -0.590. The average molecular weight is 408 g/mol. The van der Waals surface area contributed by atoms with Gasteiger partial charge in [-0.15, -0.1) is 0 Å². The third-order valence-electron chi connectivity index (χ3n) is 3.46. The van der Waals surface area contributed by atoms with Crippen LogP contribution in [0.15, 0.2) is 30.5 Å². The first-order valence-electron chi connectivity index (χ1n) is 8.79. The zero-order valence-corrected chi connectivity index (χ0v) is 16.6. The van der Waals surface area contributed by atoms with Crippen LogP contribution < -0.4 is 25.1 Å². The number of hydrogen-bond donors (Lipinski definition) is 2. The molecule has 2 amide bonds. The minimum Gasteiger partial charge on any atom is -0.490 e. The third-order valence-corrected chi connectivity index (χ3v) is 3.77. The summed E-state index contributed by atoms with van der Waals surface area (Å²) in [4.78, 5) is 28.5. The van der Waals surface area contributed by atoms with E-state index < -0.39 is 11.8 Å². The summed E-state index contributed by atoms with van der Waals surface area (Å²) < 4.78 is 16.8. The molecule has 0 aliphatic rings. The zero-order valence-electron chi connectivity index (χ0n) is 15.9. The normalized spacial score (nSPS) is 10.1. The highest BCUT2D eigenvalue weighted by molar-refractivity contribution is 6.32. The fourth-order valence-corrected chi connectivity index (χ4v) is 2.53. The van der Waals surface area contributed by atoms with Gasteiger partial charge >= 0.3 is 0 Å².